The van der Waals surface area contributed by atoms with Gasteiger partial charge in [-0.25, -0.2) is 4.79 Å². The minimum atomic E-state index is -0.463. The fourth-order valence-electron chi connectivity index (χ4n) is 1.79. The molecule has 1 N–H and O–H groups in total. The maximum absolute atomic E-state index is 11.1. The molecule has 1 heterocycles. The van der Waals surface area contributed by atoms with Gasteiger partial charge in [0.2, 0.25) is 0 Å². The summed E-state index contributed by atoms with van der Waals surface area (Å²) in [5.41, 5.74) is 0.471. The highest BCUT2D eigenvalue weighted by Crippen LogP contribution is 2.36. The number of methoxy groups -OCH3 is 1. The number of rotatable bonds is 3. The summed E-state index contributed by atoms with van der Waals surface area (Å²) in [5.74, 6) is 0.534. The Bertz CT molecular complexity index is 625. The molecule has 0 saturated heterocycles. The van der Waals surface area contributed by atoms with E-state index in [9.17, 15) is 9.90 Å². The minimum Gasteiger partial charge on any atom is -0.507 e. The van der Waals surface area contributed by atoms with Crippen molar-refractivity contribution in [2.45, 2.75) is 6.42 Å². The third-order valence-electron chi connectivity index (χ3n) is 2.51. The van der Waals surface area contributed by atoms with Crippen molar-refractivity contribution in [1.82, 2.24) is 0 Å². The summed E-state index contributed by atoms with van der Waals surface area (Å²) in [7, 11) is 1.51. The van der Waals surface area contributed by atoms with Gasteiger partial charge in [0.1, 0.15) is 17.1 Å². The minimum absolute atomic E-state index is 0.0311. The lowest BCUT2D eigenvalue weighted by Gasteiger charge is -2.11. The Morgan fingerprint density at radius 1 is 1.53 bits per heavy atom. The summed E-state index contributed by atoms with van der Waals surface area (Å²) in [4.78, 5) is 11.1. The van der Waals surface area contributed by atoms with Crippen molar-refractivity contribution in [2.75, 3.05) is 7.11 Å². The van der Waals surface area contributed by atoms with Crippen LogP contribution in [-0.4, -0.2) is 12.2 Å². The second-order valence-corrected chi connectivity index (χ2v) is 3.57. The molecule has 0 bridgehead atoms. The molecule has 4 nitrogen and oxygen atoms in total. The third-order valence-corrected chi connectivity index (χ3v) is 2.51. The van der Waals surface area contributed by atoms with Crippen molar-refractivity contribution < 1.29 is 14.3 Å². The third kappa shape index (κ3) is 1.89. The van der Waals surface area contributed by atoms with E-state index in [1.165, 1.54) is 19.2 Å². The molecular weight excluding hydrogens is 220 g/mol. The van der Waals surface area contributed by atoms with E-state index in [1.807, 2.05) is 0 Å². The molecule has 0 aliphatic rings. The quantitative estimate of drug-likeness (QED) is 0.651. The van der Waals surface area contributed by atoms with Gasteiger partial charge in [-0.1, -0.05) is 6.08 Å². The van der Waals surface area contributed by atoms with Gasteiger partial charge >= 0.3 is 5.63 Å². The fraction of sp³-hybridized carbons (Fsp3) is 0.154. The molecule has 0 saturated carbocycles. The van der Waals surface area contributed by atoms with Gasteiger partial charge in [0.25, 0.3) is 0 Å². The topological polar surface area (TPSA) is 59.7 Å². The van der Waals surface area contributed by atoms with Crippen LogP contribution in [0.3, 0.4) is 0 Å². The lowest BCUT2D eigenvalue weighted by Crippen LogP contribution is -1.98. The summed E-state index contributed by atoms with van der Waals surface area (Å²) in [6, 6.07) is 4.35. The first kappa shape index (κ1) is 11.3. The number of phenols is 1. The normalized spacial score (nSPS) is 10.4. The van der Waals surface area contributed by atoms with E-state index in [-0.39, 0.29) is 5.75 Å². The molecule has 0 radical (unpaired) electrons. The van der Waals surface area contributed by atoms with Gasteiger partial charge in [0.05, 0.1) is 12.5 Å². The van der Waals surface area contributed by atoms with Gasteiger partial charge in [0, 0.05) is 17.7 Å². The van der Waals surface area contributed by atoms with Gasteiger partial charge in [-0.15, -0.1) is 6.58 Å². The van der Waals surface area contributed by atoms with Crippen LogP contribution in [0, 0.1) is 0 Å². The highest BCUT2D eigenvalue weighted by Gasteiger charge is 2.14. The molecule has 0 spiro atoms. The molecule has 1 aromatic carbocycles. The Morgan fingerprint density at radius 3 is 2.94 bits per heavy atom. The molecular formula is C13H12O4. The molecule has 0 amide bonds. The van der Waals surface area contributed by atoms with Gasteiger partial charge in [-0.05, 0) is 12.5 Å². The lowest BCUT2D eigenvalue weighted by molar-refractivity contribution is 0.404. The molecule has 0 aliphatic heterocycles. The van der Waals surface area contributed by atoms with Crippen molar-refractivity contribution in [3.05, 3.63) is 46.8 Å². The standard InChI is InChI=1S/C13H12O4/c1-3-4-8-10(14)7-11-9(13(8)16-2)5-6-12(15)17-11/h3,5-7,14H,1,4H2,2H3. The molecule has 2 aromatic rings. The second kappa shape index (κ2) is 4.33. The van der Waals surface area contributed by atoms with Crippen molar-refractivity contribution >= 4 is 11.0 Å². The smallest absolute Gasteiger partial charge is 0.336 e. The van der Waals surface area contributed by atoms with Gasteiger partial charge < -0.3 is 14.3 Å². The Balaban J connectivity index is 2.84. The van der Waals surface area contributed by atoms with Crippen molar-refractivity contribution in [3.8, 4) is 11.5 Å². The fourth-order valence-corrected chi connectivity index (χ4v) is 1.79. The summed E-state index contributed by atoms with van der Waals surface area (Å²) in [6.07, 6.45) is 2.15. The zero-order valence-electron chi connectivity index (χ0n) is 9.40. The zero-order chi connectivity index (χ0) is 12.4. The SMILES string of the molecule is C=CCc1c(O)cc2oc(=O)ccc2c1OC. The first-order chi connectivity index (χ1) is 8.17. The largest absolute Gasteiger partial charge is 0.507 e. The summed E-state index contributed by atoms with van der Waals surface area (Å²) in [5, 5.41) is 10.5. The molecule has 0 unspecified atom stereocenters. The Labute approximate surface area is 97.8 Å². The Hall–Kier alpha value is -2.23. The molecule has 4 heteroatoms. The maximum atomic E-state index is 11.1. The van der Waals surface area contributed by atoms with E-state index in [0.717, 1.165) is 0 Å². The van der Waals surface area contributed by atoms with Crippen molar-refractivity contribution in [3.63, 3.8) is 0 Å². The van der Waals surface area contributed by atoms with E-state index in [0.29, 0.717) is 28.7 Å². The molecule has 1 aromatic heterocycles. The Morgan fingerprint density at radius 2 is 2.29 bits per heavy atom. The average molecular weight is 232 g/mol. The van der Waals surface area contributed by atoms with E-state index < -0.39 is 5.63 Å². The van der Waals surface area contributed by atoms with Crippen LogP contribution in [0.2, 0.25) is 0 Å². The van der Waals surface area contributed by atoms with E-state index in [1.54, 1.807) is 12.1 Å². The predicted octanol–water partition coefficient (Wildman–Crippen LogP) is 2.24. The number of hydrogen-bond donors (Lipinski definition) is 1. The van der Waals surface area contributed by atoms with Crippen LogP contribution in [0.5, 0.6) is 11.5 Å². The van der Waals surface area contributed by atoms with Crippen LogP contribution in [-0.2, 0) is 6.42 Å². The Kier molecular flexibility index (Phi) is 2.87. The summed E-state index contributed by atoms with van der Waals surface area (Å²) < 4.78 is 10.3. The average Bonchev–Trinajstić information content (AvgIpc) is 2.30. The van der Waals surface area contributed by atoms with Gasteiger partial charge in [-0.2, -0.15) is 0 Å². The second-order valence-electron chi connectivity index (χ2n) is 3.57. The van der Waals surface area contributed by atoms with Crippen LogP contribution in [0.25, 0.3) is 11.0 Å². The number of ether oxygens (including phenoxy) is 1. The van der Waals surface area contributed by atoms with E-state index in [2.05, 4.69) is 6.58 Å². The highest BCUT2D eigenvalue weighted by atomic mass is 16.5. The van der Waals surface area contributed by atoms with Gasteiger partial charge in [0.15, 0.2) is 0 Å². The van der Waals surface area contributed by atoms with E-state index >= 15 is 0 Å². The molecule has 2 rings (SSSR count). The monoisotopic (exact) mass is 232 g/mol. The number of hydrogen-bond acceptors (Lipinski definition) is 4. The summed E-state index contributed by atoms with van der Waals surface area (Å²) >= 11 is 0. The molecule has 17 heavy (non-hydrogen) atoms. The highest BCUT2D eigenvalue weighted by molar-refractivity contribution is 5.87. The first-order valence-corrected chi connectivity index (χ1v) is 5.11. The lowest BCUT2D eigenvalue weighted by atomic mass is 10.1. The predicted molar refractivity (Wildman–Crippen MR) is 64.6 cm³/mol. The molecule has 88 valence electrons. The molecule has 0 aliphatic carbocycles. The summed E-state index contributed by atoms with van der Waals surface area (Å²) in [6.45, 7) is 3.63. The number of fused-ring (bicyclic) bond motifs is 1. The molecule has 0 fully saturated rings. The molecule has 0 atom stereocenters. The van der Waals surface area contributed by atoms with E-state index in [4.69, 9.17) is 9.15 Å². The van der Waals surface area contributed by atoms with Crippen molar-refractivity contribution in [1.29, 1.82) is 0 Å². The first-order valence-electron chi connectivity index (χ1n) is 5.11. The number of phenolic OH excluding ortho intramolecular Hbond substituents is 1. The number of allylic oxidation sites excluding steroid dienone is 1. The number of benzene rings is 1. The zero-order valence-corrected chi connectivity index (χ0v) is 9.40. The van der Waals surface area contributed by atoms with Crippen LogP contribution < -0.4 is 10.4 Å². The van der Waals surface area contributed by atoms with Crippen LogP contribution in [0.4, 0.5) is 0 Å². The number of aromatic hydroxyl groups is 1. The van der Waals surface area contributed by atoms with Crippen LogP contribution in [0.15, 0.2) is 40.1 Å². The van der Waals surface area contributed by atoms with Crippen molar-refractivity contribution in [2.24, 2.45) is 0 Å². The van der Waals surface area contributed by atoms with Crippen LogP contribution in [0.1, 0.15) is 5.56 Å². The van der Waals surface area contributed by atoms with Crippen LogP contribution >= 0.6 is 0 Å². The maximum Gasteiger partial charge on any atom is 0.336 e. The van der Waals surface area contributed by atoms with Gasteiger partial charge in [-0.3, -0.25) is 0 Å².